The fraction of sp³-hybridized carbons (Fsp3) is 0.133. The van der Waals surface area contributed by atoms with E-state index in [1.165, 1.54) is 4.68 Å². The molecule has 0 fully saturated rings. The molecule has 10 heteroatoms. The van der Waals surface area contributed by atoms with E-state index in [0.29, 0.717) is 5.69 Å². The monoisotopic (exact) mass is 348 g/mol. The summed E-state index contributed by atoms with van der Waals surface area (Å²) in [4.78, 5) is 19.1. The predicted octanol–water partition coefficient (Wildman–Crippen LogP) is 2.01. The van der Waals surface area contributed by atoms with Gasteiger partial charge >= 0.3 is 6.18 Å². The predicted molar refractivity (Wildman–Crippen MR) is 79.6 cm³/mol. The summed E-state index contributed by atoms with van der Waals surface area (Å²) < 4.78 is 38.9. The summed E-state index contributed by atoms with van der Waals surface area (Å²) in [6, 6.07) is 5.31. The SMILES string of the molecule is O=C(NCc1cn(-c2ccncc2)nn1)c1ccc(C(F)(F)F)nc1. The fourth-order valence-electron chi connectivity index (χ4n) is 1.97. The second-order valence-electron chi connectivity index (χ2n) is 4.97. The third-order valence-corrected chi connectivity index (χ3v) is 3.21. The van der Waals surface area contributed by atoms with Gasteiger partial charge in [-0.05, 0) is 24.3 Å². The van der Waals surface area contributed by atoms with E-state index in [9.17, 15) is 18.0 Å². The number of nitrogens with one attached hydrogen (secondary N) is 1. The van der Waals surface area contributed by atoms with Gasteiger partial charge in [-0.3, -0.25) is 14.8 Å². The highest BCUT2D eigenvalue weighted by atomic mass is 19.4. The lowest BCUT2D eigenvalue weighted by atomic mass is 10.2. The molecule has 7 nitrogen and oxygen atoms in total. The zero-order chi connectivity index (χ0) is 17.9. The number of carbonyl (C=O) groups excluding carboxylic acids is 1. The number of hydrogen-bond acceptors (Lipinski definition) is 5. The van der Waals surface area contributed by atoms with Crippen LogP contribution in [0.25, 0.3) is 5.69 Å². The second kappa shape index (κ2) is 6.67. The number of hydrogen-bond donors (Lipinski definition) is 1. The van der Waals surface area contributed by atoms with Gasteiger partial charge in [-0.2, -0.15) is 13.2 Å². The molecule has 3 aromatic rings. The van der Waals surface area contributed by atoms with Crippen molar-refractivity contribution in [3.8, 4) is 5.69 Å². The summed E-state index contributed by atoms with van der Waals surface area (Å²) >= 11 is 0. The van der Waals surface area contributed by atoms with Gasteiger partial charge in [-0.1, -0.05) is 5.21 Å². The van der Waals surface area contributed by atoms with Crippen LogP contribution in [-0.2, 0) is 12.7 Å². The van der Waals surface area contributed by atoms with Crippen molar-refractivity contribution in [1.29, 1.82) is 0 Å². The van der Waals surface area contributed by atoms with Gasteiger partial charge in [0.15, 0.2) is 0 Å². The minimum Gasteiger partial charge on any atom is -0.346 e. The molecule has 0 aliphatic carbocycles. The summed E-state index contributed by atoms with van der Waals surface area (Å²) in [7, 11) is 0. The standard InChI is InChI=1S/C15H11F3N6O/c16-15(17,18)13-2-1-10(7-20-13)14(25)21-8-11-9-24(23-22-11)12-3-5-19-6-4-12/h1-7,9H,8H2,(H,21,25). The van der Waals surface area contributed by atoms with Crippen LogP contribution < -0.4 is 5.32 Å². The largest absolute Gasteiger partial charge is 0.433 e. The molecule has 0 aromatic carbocycles. The summed E-state index contributed by atoms with van der Waals surface area (Å²) in [6.07, 6.45) is 1.18. The minimum atomic E-state index is -4.54. The van der Waals surface area contributed by atoms with Gasteiger partial charge in [0.1, 0.15) is 11.4 Å². The molecular formula is C15H11F3N6O. The van der Waals surface area contributed by atoms with Gasteiger partial charge in [0.25, 0.3) is 5.91 Å². The molecule has 0 aliphatic rings. The minimum absolute atomic E-state index is 0.0227. The molecule has 0 atom stereocenters. The number of pyridine rings is 2. The normalized spacial score (nSPS) is 11.3. The number of carbonyl (C=O) groups is 1. The fourth-order valence-corrected chi connectivity index (χ4v) is 1.97. The van der Waals surface area contributed by atoms with Crippen LogP contribution in [0.4, 0.5) is 13.2 Å². The Bertz CT molecular complexity index is 861. The van der Waals surface area contributed by atoms with E-state index in [2.05, 4.69) is 25.6 Å². The van der Waals surface area contributed by atoms with Crippen molar-refractivity contribution in [1.82, 2.24) is 30.3 Å². The van der Waals surface area contributed by atoms with Crippen molar-refractivity contribution in [2.45, 2.75) is 12.7 Å². The molecule has 3 aromatic heterocycles. The Labute approximate surface area is 139 Å². The zero-order valence-electron chi connectivity index (χ0n) is 12.6. The Hall–Kier alpha value is -3.30. The maximum absolute atomic E-state index is 12.4. The number of aromatic nitrogens is 5. The summed E-state index contributed by atoms with van der Waals surface area (Å²) in [6.45, 7) is 0.0743. The number of rotatable bonds is 4. The van der Waals surface area contributed by atoms with Crippen molar-refractivity contribution in [3.63, 3.8) is 0 Å². The zero-order valence-corrected chi connectivity index (χ0v) is 12.6. The maximum Gasteiger partial charge on any atom is 0.433 e. The molecule has 128 valence electrons. The number of halogens is 3. The molecule has 25 heavy (non-hydrogen) atoms. The first-order valence-corrected chi connectivity index (χ1v) is 7.06. The van der Waals surface area contributed by atoms with Crippen LogP contribution in [0.15, 0.2) is 49.1 Å². The van der Waals surface area contributed by atoms with E-state index >= 15 is 0 Å². The number of alkyl halides is 3. The lowest BCUT2D eigenvalue weighted by molar-refractivity contribution is -0.141. The van der Waals surface area contributed by atoms with Gasteiger partial charge in [0.05, 0.1) is 24.0 Å². The van der Waals surface area contributed by atoms with Gasteiger partial charge in [0.2, 0.25) is 0 Å². The Kier molecular flexibility index (Phi) is 4.42. The van der Waals surface area contributed by atoms with Crippen LogP contribution in [-0.4, -0.2) is 30.9 Å². The van der Waals surface area contributed by atoms with Crippen molar-refractivity contribution in [2.75, 3.05) is 0 Å². The Morgan fingerprint density at radius 2 is 1.92 bits per heavy atom. The van der Waals surface area contributed by atoms with Gasteiger partial charge in [-0.15, -0.1) is 5.10 Å². The Morgan fingerprint density at radius 1 is 1.16 bits per heavy atom. The number of amides is 1. The van der Waals surface area contributed by atoms with Crippen LogP contribution in [0, 0.1) is 0 Å². The van der Waals surface area contributed by atoms with Gasteiger partial charge in [-0.25, -0.2) is 4.68 Å². The summed E-state index contributed by atoms with van der Waals surface area (Å²) in [5.41, 5.74) is 0.218. The Morgan fingerprint density at radius 3 is 2.56 bits per heavy atom. The lowest BCUT2D eigenvalue weighted by Crippen LogP contribution is -2.23. The molecule has 0 saturated carbocycles. The molecule has 0 unspecified atom stereocenters. The van der Waals surface area contributed by atoms with Gasteiger partial charge in [0, 0.05) is 18.6 Å². The molecule has 0 radical (unpaired) electrons. The highest BCUT2D eigenvalue weighted by Crippen LogP contribution is 2.27. The second-order valence-corrected chi connectivity index (χ2v) is 4.97. The molecular weight excluding hydrogens is 337 g/mol. The smallest absolute Gasteiger partial charge is 0.346 e. The van der Waals surface area contributed by atoms with E-state index < -0.39 is 17.8 Å². The molecule has 0 spiro atoms. The summed E-state index contributed by atoms with van der Waals surface area (Å²) in [5.74, 6) is -0.556. The van der Waals surface area contributed by atoms with Crippen molar-refractivity contribution >= 4 is 5.91 Å². The molecule has 0 saturated heterocycles. The topological polar surface area (TPSA) is 85.6 Å². The lowest BCUT2D eigenvalue weighted by Gasteiger charge is -2.06. The molecule has 3 heterocycles. The first-order valence-electron chi connectivity index (χ1n) is 7.06. The molecule has 0 bridgehead atoms. The van der Waals surface area contributed by atoms with Crippen molar-refractivity contribution in [3.05, 3.63) is 66.0 Å². The molecule has 1 amide bonds. The van der Waals surface area contributed by atoms with E-state index in [4.69, 9.17) is 0 Å². The van der Waals surface area contributed by atoms with Crippen LogP contribution in [0.2, 0.25) is 0 Å². The Balaban J connectivity index is 1.62. The average molecular weight is 348 g/mol. The van der Waals surface area contributed by atoms with Crippen LogP contribution in [0.1, 0.15) is 21.7 Å². The first kappa shape index (κ1) is 16.6. The first-order chi connectivity index (χ1) is 11.9. The van der Waals surface area contributed by atoms with Crippen molar-refractivity contribution < 1.29 is 18.0 Å². The summed E-state index contributed by atoms with van der Waals surface area (Å²) in [5, 5.41) is 10.4. The van der Waals surface area contributed by atoms with E-state index in [-0.39, 0.29) is 12.1 Å². The van der Waals surface area contributed by atoms with E-state index in [0.717, 1.165) is 24.0 Å². The van der Waals surface area contributed by atoms with Crippen LogP contribution >= 0.6 is 0 Å². The van der Waals surface area contributed by atoms with Crippen LogP contribution in [0.3, 0.4) is 0 Å². The molecule has 1 N–H and O–H groups in total. The van der Waals surface area contributed by atoms with E-state index in [1.807, 2.05) is 0 Å². The van der Waals surface area contributed by atoms with Crippen LogP contribution in [0.5, 0.6) is 0 Å². The highest BCUT2D eigenvalue weighted by Gasteiger charge is 2.32. The maximum atomic E-state index is 12.4. The van der Waals surface area contributed by atoms with Gasteiger partial charge < -0.3 is 5.32 Å². The number of nitrogens with zero attached hydrogens (tertiary/aromatic N) is 5. The van der Waals surface area contributed by atoms with E-state index in [1.54, 1.807) is 30.7 Å². The van der Waals surface area contributed by atoms with Crippen molar-refractivity contribution in [2.24, 2.45) is 0 Å². The third kappa shape index (κ3) is 3.97. The quantitative estimate of drug-likeness (QED) is 0.779. The third-order valence-electron chi connectivity index (χ3n) is 3.21. The molecule has 3 rings (SSSR count). The highest BCUT2D eigenvalue weighted by molar-refractivity contribution is 5.93. The average Bonchev–Trinajstić information content (AvgIpc) is 3.09. The molecule has 0 aliphatic heterocycles.